The Labute approximate surface area is 223 Å². The van der Waals surface area contributed by atoms with Gasteiger partial charge in [-0.05, 0) is 57.6 Å². The van der Waals surface area contributed by atoms with Gasteiger partial charge in [-0.15, -0.1) is 0 Å². The number of H-pyrrole nitrogens is 1. The summed E-state index contributed by atoms with van der Waals surface area (Å²) in [6.45, 7) is 2.97. The highest BCUT2D eigenvalue weighted by atomic mass is 32.2. The molecule has 0 aliphatic carbocycles. The topological polar surface area (TPSA) is 128 Å². The van der Waals surface area contributed by atoms with Gasteiger partial charge in [-0.25, -0.2) is 4.98 Å². The van der Waals surface area contributed by atoms with Crippen LogP contribution in [0.5, 0.6) is 0 Å². The quantitative estimate of drug-likeness (QED) is 0.396. The number of nitrogens with one attached hydrogen (secondary N) is 3. The lowest BCUT2D eigenvalue weighted by atomic mass is 9.84. The molecule has 3 saturated heterocycles. The van der Waals surface area contributed by atoms with E-state index in [1.165, 1.54) is 0 Å². The summed E-state index contributed by atoms with van der Waals surface area (Å²) in [7, 11) is -1.91. The molecule has 12 heteroatoms. The molecule has 0 aromatic carbocycles. The summed E-state index contributed by atoms with van der Waals surface area (Å²) < 4.78 is 36.6. The second-order valence-corrected chi connectivity index (χ2v) is 12.5. The standard InChI is InChI=1S/C26H36N8O3S/c1-17-12-25(32-31-17)29-24-15-23-22(9-4-10-27-23)26(30-24)28-18-13-19-6-3-7-20(14-18)34(19)38(35,36)33-11-5-8-21(33)16-37-2/h4,9-10,12,15,18-21H,3,5-8,11,13-14,16H2,1-2H3,(H3,28,29,30,31,32)/t18?,19-,20+,21?. The zero-order valence-corrected chi connectivity index (χ0v) is 22.7. The number of hydrogen-bond acceptors (Lipinski definition) is 8. The predicted octanol–water partition coefficient (Wildman–Crippen LogP) is 3.56. The fourth-order valence-corrected chi connectivity index (χ4v) is 8.76. The van der Waals surface area contributed by atoms with Crippen LogP contribution in [0.1, 0.15) is 50.6 Å². The van der Waals surface area contributed by atoms with Gasteiger partial charge in [-0.2, -0.15) is 22.1 Å². The van der Waals surface area contributed by atoms with Crippen LogP contribution >= 0.6 is 0 Å². The van der Waals surface area contributed by atoms with Crippen LogP contribution in [0.4, 0.5) is 17.5 Å². The van der Waals surface area contributed by atoms with Gasteiger partial charge in [0.15, 0.2) is 5.82 Å². The van der Waals surface area contributed by atoms with Crippen molar-refractivity contribution in [3.63, 3.8) is 0 Å². The van der Waals surface area contributed by atoms with Crippen molar-refractivity contribution in [1.82, 2.24) is 28.8 Å². The summed E-state index contributed by atoms with van der Waals surface area (Å²) in [5.74, 6) is 2.10. The number of ether oxygens (including phenoxy) is 1. The monoisotopic (exact) mass is 540 g/mol. The first-order valence-electron chi connectivity index (χ1n) is 13.5. The Bertz CT molecular complexity index is 1380. The minimum atomic E-state index is -3.55. The average Bonchev–Trinajstić information content (AvgIpc) is 3.53. The van der Waals surface area contributed by atoms with Gasteiger partial charge in [0.25, 0.3) is 10.2 Å². The van der Waals surface area contributed by atoms with Gasteiger partial charge in [0.05, 0.1) is 12.1 Å². The molecule has 0 radical (unpaired) electrons. The molecule has 3 N–H and O–H groups in total. The van der Waals surface area contributed by atoms with Gasteiger partial charge in [-0.3, -0.25) is 10.1 Å². The molecule has 4 atom stereocenters. The summed E-state index contributed by atoms with van der Waals surface area (Å²) in [4.78, 5) is 9.44. The molecule has 3 fully saturated rings. The van der Waals surface area contributed by atoms with Crippen molar-refractivity contribution in [1.29, 1.82) is 0 Å². The highest BCUT2D eigenvalue weighted by Gasteiger charge is 2.48. The van der Waals surface area contributed by atoms with Crippen LogP contribution in [0.3, 0.4) is 0 Å². The van der Waals surface area contributed by atoms with Crippen LogP contribution in [-0.2, 0) is 14.9 Å². The molecule has 3 aromatic rings. The first kappa shape index (κ1) is 25.5. The van der Waals surface area contributed by atoms with E-state index in [1.807, 2.05) is 35.5 Å². The van der Waals surface area contributed by atoms with Crippen LogP contribution in [0, 0.1) is 6.92 Å². The Morgan fingerprint density at radius 1 is 1.13 bits per heavy atom. The van der Waals surface area contributed by atoms with Crippen molar-refractivity contribution in [3.05, 3.63) is 36.2 Å². The third kappa shape index (κ3) is 4.86. The van der Waals surface area contributed by atoms with Crippen LogP contribution < -0.4 is 10.6 Å². The highest BCUT2D eigenvalue weighted by Crippen LogP contribution is 2.40. The largest absolute Gasteiger partial charge is 0.383 e. The third-order valence-electron chi connectivity index (χ3n) is 8.05. The van der Waals surface area contributed by atoms with E-state index in [0.29, 0.717) is 24.8 Å². The van der Waals surface area contributed by atoms with Gasteiger partial charge in [0.2, 0.25) is 0 Å². The Morgan fingerprint density at radius 2 is 1.95 bits per heavy atom. The molecule has 38 heavy (non-hydrogen) atoms. The van der Waals surface area contributed by atoms with Crippen LogP contribution in [-0.4, -0.2) is 81.6 Å². The zero-order valence-electron chi connectivity index (χ0n) is 21.9. The number of rotatable bonds is 8. The molecule has 0 amide bonds. The van der Waals surface area contributed by atoms with Gasteiger partial charge in [-0.1, -0.05) is 6.42 Å². The Kier molecular flexibility index (Phi) is 6.97. The van der Waals surface area contributed by atoms with Crippen LogP contribution in [0.2, 0.25) is 0 Å². The average molecular weight is 541 g/mol. The zero-order chi connectivity index (χ0) is 26.3. The fraction of sp³-hybridized carbons (Fsp3) is 0.577. The number of aryl methyl sites for hydroxylation is 1. The molecule has 204 valence electrons. The number of aromatic nitrogens is 4. The summed E-state index contributed by atoms with van der Waals surface area (Å²) in [6, 6.07) is 7.77. The molecule has 0 saturated carbocycles. The lowest BCUT2D eigenvalue weighted by molar-refractivity contribution is 0.0984. The van der Waals surface area contributed by atoms with Crippen LogP contribution in [0.25, 0.3) is 10.9 Å². The van der Waals surface area contributed by atoms with Gasteiger partial charge in [0.1, 0.15) is 11.6 Å². The van der Waals surface area contributed by atoms with Gasteiger partial charge < -0.3 is 15.4 Å². The van der Waals surface area contributed by atoms with Crippen molar-refractivity contribution < 1.29 is 13.2 Å². The number of pyridine rings is 2. The number of methoxy groups -OCH3 is 1. The normalized spacial score (nSPS) is 26.6. The molecule has 3 aliphatic rings. The Morgan fingerprint density at radius 3 is 2.68 bits per heavy atom. The van der Waals surface area contributed by atoms with Crippen molar-refractivity contribution in [2.75, 3.05) is 30.9 Å². The van der Waals surface area contributed by atoms with Crippen molar-refractivity contribution in [2.45, 2.75) is 76.0 Å². The van der Waals surface area contributed by atoms with Crippen molar-refractivity contribution in [2.24, 2.45) is 0 Å². The Hall–Kier alpha value is -2.80. The lowest BCUT2D eigenvalue weighted by Gasteiger charge is -2.49. The third-order valence-corrected chi connectivity index (χ3v) is 10.3. The van der Waals surface area contributed by atoms with E-state index in [1.54, 1.807) is 17.6 Å². The summed E-state index contributed by atoms with van der Waals surface area (Å²) in [5.41, 5.74) is 1.79. The number of anilines is 3. The van der Waals surface area contributed by atoms with Crippen LogP contribution in [0.15, 0.2) is 30.5 Å². The first-order valence-corrected chi connectivity index (χ1v) is 14.9. The predicted molar refractivity (Wildman–Crippen MR) is 147 cm³/mol. The number of nitrogens with zero attached hydrogens (tertiary/aromatic N) is 5. The minimum Gasteiger partial charge on any atom is -0.383 e. The molecule has 3 aromatic heterocycles. The SMILES string of the molecule is COCC1CCCN1S(=O)(=O)N1[C@@H]2CCC[C@H]1CC(Nc1nc(Nc3cc(C)[nH]n3)cc3ncccc13)C2. The smallest absolute Gasteiger partial charge is 0.282 e. The maximum atomic E-state index is 13.9. The lowest BCUT2D eigenvalue weighted by Crippen LogP contribution is -2.61. The van der Waals surface area contributed by atoms with E-state index in [-0.39, 0.29) is 24.2 Å². The van der Waals surface area contributed by atoms with E-state index >= 15 is 0 Å². The molecule has 11 nitrogen and oxygen atoms in total. The summed E-state index contributed by atoms with van der Waals surface area (Å²) >= 11 is 0. The minimum absolute atomic E-state index is 0.0217. The number of aromatic amines is 1. The van der Waals surface area contributed by atoms with Crippen molar-refractivity contribution in [3.8, 4) is 0 Å². The molecule has 2 unspecified atom stereocenters. The molecule has 6 heterocycles. The van der Waals surface area contributed by atoms with Crippen molar-refractivity contribution >= 4 is 38.6 Å². The van der Waals surface area contributed by atoms with E-state index < -0.39 is 10.2 Å². The van der Waals surface area contributed by atoms with E-state index in [0.717, 1.165) is 67.4 Å². The molecule has 2 bridgehead atoms. The van der Waals surface area contributed by atoms with E-state index in [2.05, 4.69) is 25.8 Å². The maximum Gasteiger partial charge on any atom is 0.282 e. The summed E-state index contributed by atoms with van der Waals surface area (Å²) in [6.07, 6.45) is 7.83. The second-order valence-electron chi connectivity index (χ2n) is 10.7. The number of piperidine rings is 2. The molecule has 3 aliphatic heterocycles. The first-order chi connectivity index (χ1) is 18.4. The van der Waals surface area contributed by atoms with Gasteiger partial charge >= 0.3 is 0 Å². The van der Waals surface area contributed by atoms with Gasteiger partial charge in [0, 0.05) is 67.2 Å². The number of hydrogen-bond donors (Lipinski definition) is 3. The molecular weight excluding hydrogens is 504 g/mol. The second kappa shape index (κ2) is 10.4. The summed E-state index contributed by atoms with van der Waals surface area (Å²) in [5, 5.41) is 15.1. The van der Waals surface area contributed by atoms with E-state index in [9.17, 15) is 8.42 Å². The molecule has 0 spiro atoms. The fourth-order valence-electron chi connectivity index (χ4n) is 6.48. The molecular formula is C26H36N8O3S. The highest BCUT2D eigenvalue weighted by molar-refractivity contribution is 7.86. The maximum absolute atomic E-state index is 13.9. The Balaban J connectivity index is 1.24. The number of fused-ring (bicyclic) bond motifs is 3. The van der Waals surface area contributed by atoms with E-state index in [4.69, 9.17) is 9.72 Å². The molecule has 6 rings (SSSR count).